The molecule has 0 aliphatic heterocycles. The van der Waals surface area contributed by atoms with Crippen LogP contribution >= 0.6 is 0 Å². The minimum atomic E-state index is -3.59. The van der Waals surface area contributed by atoms with Crippen molar-refractivity contribution in [3.05, 3.63) is 83.8 Å². The first-order valence-corrected chi connectivity index (χ1v) is 10.4. The van der Waals surface area contributed by atoms with E-state index in [2.05, 4.69) is 23.9 Å². The molecule has 1 amide bonds. The topological polar surface area (TPSA) is 88.4 Å². The number of amides is 1. The van der Waals surface area contributed by atoms with Gasteiger partial charge in [0.15, 0.2) is 5.76 Å². The van der Waals surface area contributed by atoms with E-state index in [-0.39, 0.29) is 23.1 Å². The third kappa shape index (κ3) is 4.88. The summed E-state index contributed by atoms with van der Waals surface area (Å²) in [6, 6.07) is 17.0. The van der Waals surface area contributed by atoms with Gasteiger partial charge in [-0.05, 0) is 53.4 Å². The maximum Gasteiger partial charge on any atom is 0.291 e. The van der Waals surface area contributed by atoms with Gasteiger partial charge in [-0.15, -0.1) is 0 Å². The van der Waals surface area contributed by atoms with Gasteiger partial charge in [0.2, 0.25) is 10.0 Å². The fourth-order valence-corrected chi connectivity index (χ4v) is 3.62. The molecule has 0 saturated carbocycles. The van der Waals surface area contributed by atoms with E-state index in [0.717, 1.165) is 11.1 Å². The van der Waals surface area contributed by atoms with Crippen molar-refractivity contribution in [2.24, 2.45) is 0 Å². The standard InChI is InChI=1S/C21H22N2O4S/c1-15(2)17-7-11-19(12-8-17)28(25,26)22-14-16-5-9-18(10-6-16)23-21(24)20-4-3-13-27-20/h3-13,15,22H,14H2,1-2H3,(H,23,24). The van der Waals surface area contributed by atoms with Crippen molar-refractivity contribution >= 4 is 21.6 Å². The Morgan fingerprint density at radius 1 is 1.00 bits per heavy atom. The van der Waals surface area contributed by atoms with Gasteiger partial charge in [-0.1, -0.05) is 38.1 Å². The van der Waals surface area contributed by atoms with E-state index in [4.69, 9.17) is 4.42 Å². The molecular formula is C21H22N2O4S. The number of hydrogen-bond donors (Lipinski definition) is 2. The molecular weight excluding hydrogens is 376 g/mol. The van der Waals surface area contributed by atoms with Crippen LogP contribution in [0.2, 0.25) is 0 Å². The van der Waals surface area contributed by atoms with Crippen molar-refractivity contribution in [3.8, 4) is 0 Å². The minimum Gasteiger partial charge on any atom is -0.459 e. The van der Waals surface area contributed by atoms with E-state index in [1.165, 1.54) is 6.26 Å². The lowest BCUT2D eigenvalue weighted by Crippen LogP contribution is -2.23. The van der Waals surface area contributed by atoms with Gasteiger partial charge in [-0.3, -0.25) is 4.79 Å². The number of anilines is 1. The summed E-state index contributed by atoms with van der Waals surface area (Å²) in [4.78, 5) is 12.2. The molecule has 0 atom stereocenters. The molecule has 0 aliphatic rings. The van der Waals surface area contributed by atoms with E-state index in [0.29, 0.717) is 11.6 Å². The molecule has 2 aromatic carbocycles. The molecule has 3 aromatic rings. The summed E-state index contributed by atoms with van der Waals surface area (Å²) in [7, 11) is -3.59. The summed E-state index contributed by atoms with van der Waals surface area (Å²) >= 11 is 0. The molecule has 0 saturated heterocycles. The average molecular weight is 398 g/mol. The van der Waals surface area contributed by atoms with Crippen LogP contribution in [0.1, 0.15) is 41.4 Å². The van der Waals surface area contributed by atoms with Crippen LogP contribution in [-0.2, 0) is 16.6 Å². The predicted molar refractivity (Wildman–Crippen MR) is 108 cm³/mol. The highest BCUT2D eigenvalue weighted by atomic mass is 32.2. The molecule has 0 fully saturated rings. The average Bonchev–Trinajstić information content (AvgIpc) is 3.22. The Morgan fingerprint density at radius 2 is 1.68 bits per heavy atom. The third-order valence-corrected chi connectivity index (χ3v) is 5.70. The minimum absolute atomic E-state index is 0.153. The number of rotatable bonds is 7. The Labute approximate surface area is 164 Å². The lowest BCUT2D eigenvalue weighted by Gasteiger charge is -2.10. The highest BCUT2D eigenvalue weighted by Crippen LogP contribution is 2.18. The van der Waals surface area contributed by atoms with Gasteiger partial charge in [0.25, 0.3) is 5.91 Å². The molecule has 7 heteroatoms. The van der Waals surface area contributed by atoms with E-state index < -0.39 is 10.0 Å². The van der Waals surface area contributed by atoms with Gasteiger partial charge in [0.1, 0.15) is 0 Å². The van der Waals surface area contributed by atoms with Crippen LogP contribution in [0.25, 0.3) is 0 Å². The van der Waals surface area contributed by atoms with Gasteiger partial charge < -0.3 is 9.73 Å². The van der Waals surface area contributed by atoms with Crippen molar-refractivity contribution in [2.45, 2.75) is 31.2 Å². The molecule has 6 nitrogen and oxygen atoms in total. The molecule has 0 aliphatic carbocycles. The second-order valence-electron chi connectivity index (χ2n) is 6.68. The summed E-state index contributed by atoms with van der Waals surface area (Å²) in [6.45, 7) is 4.27. The number of benzene rings is 2. The molecule has 0 unspecified atom stereocenters. The van der Waals surface area contributed by atoms with E-state index in [1.54, 1.807) is 48.5 Å². The number of sulfonamides is 1. The SMILES string of the molecule is CC(C)c1ccc(S(=O)(=O)NCc2ccc(NC(=O)c3ccco3)cc2)cc1. The first-order chi connectivity index (χ1) is 13.3. The van der Waals surface area contributed by atoms with Crippen molar-refractivity contribution in [3.63, 3.8) is 0 Å². The zero-order chi connectivity index (χ0) is 20.1. The smallest absolute Gasteiger partial charge is 0.291 e. The van der Waals surface area contributed by atoms with Crippen molar-refractivity contribution < 1.29 is 17.6 Å². The van der Waals surface area contributed by atoms with Crippen LogP contribution in [0, 0.1) is 0 Å². The molecule has 146 valence electrons. The fraction of sp³-hybridized carbons (Fsp3) is 0.190. The number of carbonyl (C=O) groups excluding carboxylic acids is 1. The molecule has 0 radical (unpaired) electrons. The van der Waals surface area contributed by atoms with Crippen molar-refractivity contribution in [1.82, 2.24) is 4.72 Å². The van der Waals surface area contributed by atoms with E-state index >= 15 is 0 Å². The van der Waals surface area contributed by atoms with Crippen molar-refractivity contribution in [2.75, 3.05) is 5.32 Å². The highest BCUT2D eigenvalue weighted by Gasteiger charge is 2.14. The van der Waals surface area contributed by atoms with Crippen LogP contribution in [0.3, 0.4) is 0 Å². The number of carbonyl (C=O) groups is 1. The van der Waals surface area contributed by atoms with Crippen LogP contribution in [-0.4, -0.2) is 14.3 Å². The lowest BCUT2D eigenvalue weighted by molar-refractivity contribution is 0.0996. The summed E-state index contributed by atoms with van der Waals surface area (Å²) in [5.41, 5.74) is 2.46. The Balaban J connectivity index is 1.60. The van der Waals surface area contributed by atoms with Gasteiger partial charge in [0, 0.05) is 12.2 Å². The summed E-state index contributed by atoms with van der Waals surface area (Å²) in [5, 5.41) is 2.71. The Bertz CT molecular complexity index is 1020. The second-order valence-corrected chi connectivity index (χ2v) is 8.44. The van der Waals surface area contributed by atoms with Crippen LogP contribution < -0.4 is 10.0 Å². The molecule has 3 rings (SSSR count). The van der Waals surface area contributed by atoms with Crippen molar-refractivity contribution in [1.29, 1.82) is 0 Å². The molecule has 0 spiro atoms. The number of hydrogen-bond acceptors (Lipinski definition) is 4. The van der Waals surface area contributed by atoms with Crippen LogP contribution in [0.5, 0.6) is 0 Å². The van der Waals surface area contributed by atoms with Gasteiger partial charge in [-0.2, -0.15) is 0 Å². The normalized spacial score (nSPS) is 11.5. The Morgan fingerprint density at radius 3 is 2.25 bits per heavy atom. The maximum absolute atomic E-state index is 12.5. The highest BCUT2D eigenvalue weighted by molar-refractivity contribution is 7.89. The van der Waals surface area contributed by atoms with E-state index in [9.17, 15) is 13.2 Å². The van der Waals surface area contributed by atoms with Gasteiger partial charge in [-0.25, -0.2) is 13.1 Å². The Kier molecular flexibility index (Phi) is 5.96. The summed E-state index contributed by atoms with van der Waals surface area (Å²) in [6.07, 6.45) is 1.43. The second kappa shape index (κ2) is 8.41. The first-order valence-electron chi connectivity index (χ1n) is 8.88. The number of furan rings is 1. The molecule has 0 bridgehead atoms. The molecule has 2 N–H and O–H groups in total. The molecule has 1 heterocycles. The Hall–Kier alpha value is -2.90. The van der Waals surface area contributed by atoms with Crippen LogP contribution in [0.4, 0.5) is 5.69 Å². The quantitative estimate of drug-likeness (QED) is 0.626. The van der Waals surface area contributed by atoms with Crippen LogP contribution in [0.15, 0.2) is 76.2 Å². The molecule has 1 aromatic heterocycles. The summed E-state index contributed by atoms with van der Waals surface area (Å²) in [5.74, 6) is 0.222. The zero-order valence-corrected chi connectivity index (χ0v) is 16.5. The summed E-state index contributed by atoms with van der Waals surface area (Å²) < 4.78 is 32.5. The van der Waals surface area contributed by atoms with E-state index in [1.807, 2.05) is 12.1 Å². The first kappa shape index (κ1) is 19.9. The fourth-order valence-electron chi connectivity index (χ4n) is 2.60. The number of nitrogens with one attached hydrogen (secondary N) is 2. The van der Waals surface area contributed by atoms with Gasteiger partial charge in [0.05, 0.1) is 11.2 Å². The van der Waals surface area contributed by atoms with Gasteiger partial charge >= 0.3 is 0 Å². The predicted octanol–water partition coefficient (Wildman–Crippen LogP) is 4.13. The largest absolute Gasteiger partial charge is 0.459 e. The monoisotopic (exact) mass is 398 g/mol. The third-order valence-electron chi connectivity index (χ3n) is 4.28. The molecule has 28 heavy (non-hydrogen) atoms. The maximum atomic E-state index is 12.5. The zero-order valence-electron chi connectivity index (χ0n) is 15.7. The lowest BCUT2D eigenvalue weighted by atomic mass is 10.0.